The van der Waals surface area contributed by atoms with Crippen molar-refractivity contribution in [3.05, 3.63) is 48.0 Å². The fourth-order valence-electron chi connectivity index (χ4n) is 1.70. The molecule has 110 valence electrons. The number of aromatic nitrogens is 2. The van der Waals surface area contributed by atoms with E-state index in [1.54, 1.807) is 4.57 Å². The highest BCUT2D eigenvalue weighted by Gasteiger charge is 2.06. The first-order valence-corrected chi connectivity index (χ1v) is 6.41. The monoisotopic (exact) mass is 288 g/mol. The average molecular weight is 288 g/mol. The van der Waals surface area contributed by atoms with Gasteiger partial charge in [0, 0.05) is 25.0 Å². The van der Waals surface area contributed by atoms with Gasteiger partial charge in [0.25, 0.3) is 0 Å². The quantitative estimate of drug-likeness (QED) is 0.780. The highest BCUT2D eigenvalue weighted by Crippen LogP contribution is 2.07. The number of urea groups is 1. The van der Waals surface area contributed by atoms with Crippen molar-refractivity contribution in [2.45, 2.75) is 13.5 Å². The minimum atomic E-state index is -1.07. The predicted octanol–water partition coefficient (Wildman–Crippen LogP) is 1.71. The van der Waals surface area contributed by atoms with Gasteiger partial charge in [0.05, 0.1) is 6.33 Å². The number of carbonyl (C=O) groups excluding carboxylic acids is 1. The number of anilines is 1. The first kappa shape index (κ1) is 14.6. The van der Waals surface area contributed by atoms with Gasteiger partial charge in [0.2, 0.25) is 0 Å². The summed E-state index contributed by atoms with van der Waals surface area (Å²) in [6, 6.07) is 7.16. The minimum absolute atomic E-state index is 0.0147. The molecule has 2 rings (SSSR count). The highest BCUT2D eigenvalue weighted by atomic mass is 16.4. The molecular formula is C14H16N4O3. The Morgan fingerprint density at radius 1 is 1.29 bits per heavy atom. The van der Waals surface area contributed by atoms with Crippen LogP contribution in [0.1, 0.15) is 16.1 Å². The van der Waals surface area contributed by atoms with E-state index in [9.17, 15) is 9.59 Å². The zero-order valence-corrected chi connectivity index (χ0v) is 11.5. The molecule has 0 radical (unpaired) electrons. The van der Waals surface area contributed by atoms with E-state index in [1.807, 2.05) is 31.2 Å². The van der Waals surface area contributed by atoms with Gasteiger partial charge in [-0.3, -0.25) is 0 Å². The van der Waals surface area contributed by atoms with Crippen LogP contribution in [0.5, 0.6) is 0 Å². The van der Waals surface area contributed by atoms with Crippen LogP contribution in [-0.2, 0) is 6.54 Å². The van der Waals surface area contributed by atoms with E-state index in [-0.39, 0.29) is 11.7 Å². The normalized spacial score (nSPS) is 10.1. The maximum absolute atomic E-state index is 11.7. The van der Waals surface area contributed by atoms with Gasteiger partial charge in [-0.25, -0.2) is 14.6 Å². The van der Waals surface area contributed by atoms with Gasteiger partial charge < -0.3 is 20.3 Å². The number of hydrogen-bond acceptors (Lipinski definition) is 3. The Kier molecular flexibility index (Phi) is 4.55. The molecule has 0 unspecified atom stereocenters. The largest absolute Gasteiger partial charge is 0.476 e. The van der Waals surface area contributed by atoms with E-state index in [0.717, 1.165) is 5.56 Å². The number of carboxylic acids is 1. The lowest BCUT2D eigenvalue weighted by Crippen LogP contribution is -2.31. The summed E-state index contributed by atoms with van der Waals surface area (Å²) < 4.78 is 1.61. The number of rotatable bonds is 5. The Hall–Kier alpha value is -2.83. The third kappa shape index (κ3) is 4.34. The lowest BCUT2D eigenvalue weighted by Gasteiger charge is -2.08. The van der Waals surface area contributed by atoms with Crippen LogP contribution in [0.25, 0.3) is 0 Å². The number of hydrogen-bond donors (Lipinski definition) is 3. The molecule has 7 heteroatoms. The highest BCUT2D eigenvalue weighted by molar-refractivity contribution is 5.89. The van der Waals surface area contributed by atoms with Gasteiger partial charge in [-0.2, -0.15) is 0 Å². The number of nitrogens with zero attached hydrogens (tertiary/aromatic N) is 2. The molecule has 0 aliphatic heterocycles. The molecule has 0 aliphatic rings. The Morgan fingerprint density at radius 2 is 2.00 bits per heavy atom. The second-order valence-electron chi connectivity index (χ2n) is 4.55. The minimum Gasteiger partial charge on any atom is -0.476 e. The lowest BCUT2D eigenvalue weighted by atomic mass is 10.2. The summed E-state index contributed by atoms with van der Waals surface area (Å²) >= 11 is 0. The molecule has 1 aromatic heterocycles. The van der Waals surface area contributed by atoms with Crippen LogP contribution in [0, 0.1) is 6.92 Å². The number of carbonyl (C=O) groups is 2. The van der Waals surface area contributed by atoms with Crippen LogP contribution in [-0.4, -0.2) is 33.2 Å². The van der Waals surface area contributed by atoms with Crippen molar-refractivity contribution in [2.75, 3.05) is 11.9 Å². The number of nitrogens with one attached hydrogen (secondary N) is 2. The average Bonchev–Trinajstić information content (AvgIpc) is 2.90. The summed E-state index contributed by atoms with van der Waals surface area (Å²) in [6.45, 7) is 2.79. The third-order valence-electron chi connectivity index (χ3n) is 2.82. The van der Waals surface area contributed by atoms with Crippen molar-refractivity contribution in [1.82, 2.24) is 14.9 Å². The first-order valence-electron chi connectivity index (χ1n) is 6.41. The molecule has 1 aromatic carbocycles. The number of carboxylic acid groups (broad SMARTS) is 1. The lowest BCUT2D eigenvalue weighted by molar-refractivity contribution is 0.0691. The van der Waals surface area contributed by atoms with E-state index >= 15 is 0 Å². The van der Waals surface area contributed by atoms with E-state index in [0.29, 0.717) is 18.8 Å². The summed E-state index contributed by atoms with van der Waals surface area (Å²) in [7, 11) is 0. The van der Waals surface area contributed by atoms with Gasteiger partial charge in [-0.1, -0.05) is 17.7 Å². The van der Waals surface area contributed by atoms with Crippen LogP contribution in [0.4, 0.5) is 10.5 Å². The zero-order valence-electron chi connectivity index (χ0n) is 11.5. The summed E-state index contributed by atoms with van der Waals surface area (Å²) in [5, 5.41) is 14.1. The molecule has 0 spiro atoms. The van der Waals surface area contributed by atoms with Crippen molar-refractivity contribution in [2.24, 2.45) is 0 Å². The molecule has 2 aromatic rings. The van der Waals surface area contributed by atoms with Crippen molar-refractivity contribution >= 4 is 17.7 Å². The van der Waals surface area contributed by atoms with Crippen molar-refractivity contribution in [3.8, 4) is 0 Å². The van der Waals surface area contributed by atoms with Crippen LogP contribution >= 0.6 is 0 Å². The van der Waals surface area contributed by atoms with Crippen LogP contribution in [0.3, 0.4) is 0 Å². The summed E-state index contributed by atoms with van der Waals surface area (Å²) in [6.07, 6.45) is 2.84. The van der Waals surface area contributed by atoms with Gasteiger partial charge in [0.1, 0.15) is 0 Å². The number of imidazole rings is 1. The third-order valence-corrected chi connectivity index (χ3v) is 2.82. The maximum Gasteiger partial charge on any atom is 0.356 e. The van der Waals surface area contributed by atoms with E-state index in [2.05, 4.69) is 15.6 Å². The Balaban J connectivity index is 1.76. The molecule has 2 amide bonds. The Morgan fingerprint density at radius 3 is 2.62 bits per heavy atom. The second-order valence-corrected chi connectivity index (χ2v) is 4.55. The summed E-state index contributed by atoms with van der Waals surface area (Å²) in [4.78, 5) is 26.1. The molecule has 0 bridgehead atoms. The molecule has 1 heterocycles. The molecule has 3 N–H and O–H groups in total. The van der Waals surface area contributed by atoms with Crippen molar-refractivity contribution in [3.63, 3.8) is 0 Å². The smallest absolute Gasteiger partial charge is 0.356 e. The van der Waals surface area contributed by atoms with Crippen LogP contribution in [0.2, 0.25) is 0 Å². The van der Waals surface area contributed by atoms with Crippen molar-refractivity contribution < 1.29 is 14.7 Å². The zero-order chi connectivity index (χ0) is 15.2. The Labute approximate surface area is 121 Å². The number of benzene rings is 1. The number of amides is 2. The second kappa shape index (κ2) is 6.56. The summed E-state index contributed by atoms with van der Waals surface area (Å²) in [5.74, 6) is -1.07. The topological polar surface area (TPSA) is 96.3 Å². The number of aryl methyl sites for hydroxylation is 1. The van der Waals surface area contributed by atoms with Crippen LogP contribution in [0.15, 0.2) is 36.8 Å². The summed E-state index contributed by atoms with van der Waals surface area (Å²) in [5.41, 5.74) is 1.82. The van der Waals surface area contributed by atoms with Crippen LogP contribution < -0.4 is 10.6 Å². The molecule has 7 nitrogen and oxygen atoms in total. The van der Waals surface area contributed by atoms with E-state index < -0.39 is 5.97 Å². The van der Waals surface area contributed by atoms with Gasteiger partial charge >= 0.3 is 12.0 Å². The number of aromatic carboxylic acids is 1. The molecule has 0 saturated heterocycles. The molecular weight excluding hydrogens is 272 g/mol. The fourth-order valence-corrected chi connectivity index (χ4v) is 1.70. The van der Waals surface area contributed by atoms with Gasteiger partial charge in [-0.15, -0.1) is 0 Å². The maximum atomic E-state index is 11.7. The standard InChI is InChI=1S/C14H16N4O3/c1-10-2-4-11(5-3-10)17-14(21)15-6-7-18-8-12(13(19)20)16-9-18/h2-5,8-9H,6-7H2,1H3,(H,19,20)(H2,15,17,21). The molecule has 21 heavy (non-hydrogen) atoms. The van der Waals surface area contributed by atoms with Gasteiger partial charge in [0.15, 0.2) is 5.69 Å². The van der Waals surface area contributed by atoms with E-state index in [1.165, 1.54) is 12.5 Å². The molecule has 0 saturated carbocycles. The first-order chi connectivity index (χ1) is 10.0. The molecule has 0 atom stereocenters. The SMILES string of the molecule is Cc1ccc(NC(=O)NCCn2cnc(C(=O)O)c2)cc1. The van der Waals surface area contributed by atoms with Crippen molar-refractivity contribution in [1.29, 1.82) is 0 Å². The van der Waals surface area contributed by atoms with E-state index in [4.69, 9.17) is 5.11 Å². The predicted molar refractivity (Wildman–Crippen MR) is 77.4 cm³/mol. The fraction of sp³-hybridized carbons (Fsp3) is 0.214. The molecule has 0 aliphatic carbocycles. The van der Waals surface area contributed by atoms with Gasteiger partial charge in [-0.05, 0) is 19.1 Å². The Bertz CT molecular complexity index is 634. The molecule has 0 fully saturated rings.